The van der Waals surface area contributed by atoms with Gasteiger partial charge in [-0.1, -0.05) is 74.5 Å². The normalized spacial score (nSPS) is 18.2. The molecule has 0 saturated carbocycles. The molecule has 2 aliphatic rings. The van der Waals surface area contributed by atoms with Gasteiger partial charge in [-0.25, -0.2) is 23.4 Å². The highest BCUT2D eigenvalue weighted by atomic mass is 32.2. The molecule has 2 aliphatic heterocycles. The number of alkyl carbamates (subject to hydrolysis) is 1. The zero-order chi connectivity index (χ0) is 39.9. The summed E-state index contributed by atoms with van der Waals surface area (Å²) in [6.07, 6.45) is 1.44. The number of carbonyl (C=O) groups excluding carboxylic acids is 3. The van der Waals surface area contributed by atoms with Gasteiger partial charge in [-0.3, -0.25) is 9.79 Å². The number of piperidine rings is 1. The van der Waals surface area contributed by atoms with Crippen LogP contribution >= 0.6 is 23.1 Å². The zero-order valence-corrected chi connectivity index (χ0v) is 34.1. The number of benzene rings is 2. The van der Waals surface area contributed by atoms with E-state index < -0.39 is 24.1 Å². The first-order chi connectivity index (χ1) is 26.9. The monoisotopic (exact) mass is 811 g/mol. The number of thiazole rings is 1. The van der Waals surface area contributed by atoms with Crippen molar-refractivity contribution < 1.29 is 27.9 Å². The van der Waals surface area contributed by atoms with E-state index in [4.69, 9.17) is 4.74 Å². The molecule has 56 heavy (non-hydrogen) atoms. The summed E-state index contributed by atoms with van der Waals surface area (Å²) in [5.74, 6) is -2.77. The molecule has 4 amide bonds. The van der Waals surface area contributed by atoms with Gasteiger partial charge in [0.25, 0.3) is 5.92 Å². The summed E-state index contributed by atoms with van der Waals surface area (Å²) in [6.45, 7) is 6.10. The molecule has 1 fully saturated rings. The van der Waals surface area contributed by atoms with Crippen LogP contribution in [0.3, 0.4) is 0 Å². The Balaban J connectivity index is 1.28. The molecule has 4 unspecified atom stereocenters. The van der Waals surface area contributed by atoms with Crippen LogP contribution in [0.1, 0.15) is 73.7 Å². The van der Waals surface area contributed by atoms with Gasteiger partial charge in [0.05, 0.1) is 34.6 Å². The third-order valence-electron chi connectivity index (χ3n) is 9.96. The van der Waals surface area contributed by atoms with E-state index in [2.05, 4.69) is 39.8 Å². The molecule has 11 nitrogen and oxygen atoms in total. The number of hydrogen-bond acceptors (Lipinski definition) is 9. The molecule has 3 heterocycles. The van der Waals surface area contributed by atoms with Crippen LogP contribution in [-0.4, -0.2) is 107 Å². The second-order valence-corrected chi connectivity index (χ2v) is 17.0. The number of ether oxygens (including phenoxy) is 1. The van der Waals surface area contributed by atoms with Gasteiger partial charge in [-0.2, -0.15) is 0 Å². The van der Waals surface area contributed by atoms with Crippen molar-refractivity contribution >= 4 is 46.7 Å². The Labute approximate surface area is 337 Å². The fourth-order valence-corrected chi connectivity index (χ4v) is 8.16. The predicted octanol–water partition coefficient (Wildman–Crippen LogP) is 6.89. The summed E-state index contributed by atoms with van der Waals surface area (Å²) in [7, 11) is 1.66. The fraction of sp³-hybridized carbons (Fsp3) is 0.537. The topological polar surface area (TPSA) is 128 Å². The Morgan fingerprint density at radius 2 is 1.55 bits per heavy atom. The Morgan fingerprint density at radius 3 is 2.12 bits per heavy atom. The lowest BCUT2D eigenvalue weighted by molar-refractivity contribution is -0.124. The van der Waals surface area contributed by atoms with Gasteiger partial charge >= 0.3 is 12.1 Å². The lowest BCUT2D eigenvalue weighted by Gasteiger charge is -2.33. The predicted molar refractivity (Wildman–Crippen MR) is 220 cm³/mol. The van der Waals surface area contributed by atoms with Crippen LogP contribution in [0.15, 0.2) is 71.0 Å². The molecular formula is C41H55F2N7O4S2. The minimum atomic E-state index is -2.69. The van der Waals surface area contributed by atoms with E-state index in [9.17, 15) is 23.2 Å². The number of thioether (sulfide) groups is 1. The van der Waals surface area contributed by atoms with Gasteiger partial charge in [0.15, 0.2) is 0 Å². The maximum Gasteiger partial charge on any atom is 0.407 e. The fourth-order valence-electron chi connectivity index (χ4n) is 6.67. The largest absolute Gasteiger partial charge is 0.448 e. The number of alkyl halides is 2. The molecule has 2 aromatic carbocycles. The van der Waals surface area contributed by atoms with E-state index in [1.807, 2.05) is 70.9 Å². The van der Waals surface area contributed by atoms with Gasteiger partial charge in [0.2, 0.25) is 5.91 Å². The van der Waals surface area contributed by atoms with E-state index in [0.717, 1.165) is 21.8 Å². The number of halogens is 2. The van der Waals surface area contributed by atoms with E-state index in [1.165, 1.54) is 4.90 Å². The van der Waals surface area contributed by atoms with Crippen LogP contribution in [0, 0.1) is 0 Å². The van der Waals surface area contributed by atoms with Crippen molar-refractivity contribution in [2.75, 3.05) is 39.8 Å². The van der Waals surface area contributed by atoms with E-state index in [1.54, 1.807) is 35.7 Å². The highest BCUT2D eigenvalue weighted by molar-refractivity contribution is 8.12. The van der Waals surface area contributed by atoms with Crippen molar-refractivity contribution in [2.45, 2.75) is 101 Å². The number of nitrogens with zero attached hydrogens (tertiary/aromatic N) is 4. The van der Waals surface area contributed by atoms with Gasteiger partial charge in [-0.15, -0.1) is 23.1 Å². The number of rotatable bonds is 19. The van der Waals surface area contributed by atoms with Gasteiger partial charge in [0.1, 0.15) is 12.6 Å². The second kappa shape index (κ2) is 21.4. The average Bonchev–Trinajstić information content (AvgIpc) is 3.89. The van der Waals surface area contributed by atoms with Crippen molar-refractivity contribution in [3.63, 3.8) is 0 Å². The summed E-state index contributed by atoms with van der Waals surface area (Å²) in [6, 6.07) is 17.8. The number of nitrogens with one attached hydrogen (secondary N) is 3. The number of urea groups is 1. The maximum atomic E-state index is 14.2. The van der Waals surface area contributed by atoms with Crippen LogP contribution in [0.4, 0.5) is 18.4 Å². The number of carbonyl (C=O) groups is 3. The number of hydrogen-bond donors (Lipinski definition) is 3. The Hall–Kier alpha value is -4.08. The summed E-state index contributed by atoms with van der Waals surface area (Å²) in [5, 5.41) is 12.3. The lowest BCUT2D eigenvalue weighted by Crippen LogP contribution is -2.54. The third-order valence-corrected chi connectivity index (χ3v) is 12.1. The summed E-state index contributed by atoms with van der Waals surface area (Å²) in [5.41, 5.74) is 4.63. The van der Waals surface area contributed by atoms with E-state index >= 15 is 0 Å². The Morgan fingerprint density at radius 1 is 0.929 bits per heavy atom. The van der Waals surface area contributed by atoms with Crippen molar-refractivity contribution in [1.29, 1.82) is 0 Å². The van der Waals surface area contributed by atoms with Crippen LogP contribution < -0.4 is 16.0 Å². The van der Waals surface area contributed by atoms with Crippen LogP contribution in [0.25, 0.3) is 0 Å². The van der Waals surface area contributed by atoms with Gasteiger partial charge in [-0.05, 0) is 43.2 Å². The standard InChI is InChI=1S/C41H55F2N7O4S2/c1-29(2)38-46-34(27-55-38)25-49(3)39(52)48-36(16-19-50-20-17-41(42,43)18-21-50)37(51)45-32(22-30-10-6-4-7-11-30)14-15-33(23-31-12-8-5-9-13-31)47-40(53)54-26-35-24-44-28-56-35/h4-13,27-29,32-33,35-36H,14-26H2,1-3H3,(H,45,51)(H,47,53)(H,48,52). The molecule has 15 heteroatoms. The Bertz CT molecular complexity index is 1700. The average molecular weight is 812 g/mol. The first-order valence-electron chi connectivity index (χ1n) is 19.4. The minimum absolute atomic E-state index is 0.105. The van der Waals surface area contributed by atoms with Crippen molar-refractivity contribution in [2.24, 2.45) is 4.99 Å². The van der Waals surface area contributed by atoms with Crippen LogP contribution in [0.5, 0.6) is 0 Å². The van der Waals surface area contributed by atoms with E-state index in [-0.39, 0.29) is 74.7 Å². The highest BCUT2D eigenvalue weighted by Crippen LogP contribution is 2.28. The summed E-state index contributed by atoms with van der Waals surface area (Å²) >= 11 is 3.10. The molecule has 0 spiro atoms. The first-order valence-corrected chi connectivity index (χ1v) is 21.3. The molecule has 5 rings (SSSR count). The van der Waals surface area contributed by atoms with Gasteiger partial charge in [0, 0.05) is 62.9 Å². The van der Waals surface area contributed by atoms with Crippen molar-refractivity contribution in [3.8, 4) is 0 Å². The summed E-state index contributed by atoms with van der Waals surface area (Å²) in [4.78, 5) is 53.1. The maximum absolute atomic E-state index is 14.2. The van der Waals surface area contributed by atoms with E-state index in [0.29, 0.717) is 38.8 Å². The SMILES string of the molecule is CC(C)c1nc(CN(C)C(=O)NC(CCN2CCC(F)(F)CC2)C(=O)NC(CCC(Cc2ccccc2)NC(=O)OCC2CN=CS2)Cc2ccccc2)cs1. The molecule has 4 atom stereocenters. The highest BCUT2D eigenvalue weighted by Gasteiger charge is 2.35. The molecule has 304 valence electrons. The minimum Gasteiger partial charge on any atom is -0.448 e. The first kappa shape index (κ1) is 43.1. The van der Waals surface area contributed by atoms with Gasteiger partial charge < -0.3 is 30.5 Å². The molecule has 1 aromatic heterocycles. The molecular weight excluding hydrogens is 757 g/mol. The van der Waals surface area contributed by atoms with Crippen molar-refractivity contribution in [1.82, 2.24) is 30.7 Å². The number of amides is 4. The molecule has 0 bridgehead atoms. The quantitative estimate of drug-likeness (QED) is 0.120. The van der Waals surface area contributed by atoms with Crippen LogP contribution in [0.2, 0.25) is 0 Å². The molecule has 0 radical (unpaired) electrons. The third kappa shape index (κ3) is 14.5. The molecule has 3 N–H and O–H groups in total. The zero-order valence-electron chi connectivity index (χ0n) is 32.5. The number of likely N-dealkylation sites (tertiary alicyclic amines) is 1. The van der Waals surface area contributed by atoms with Crippen molar-refractivity contribution in [3.05, 3.63) is 87.9 Å². The smallest absolute Gasteiger partial charge is 0.407 e. The van der Waals surface area contributed by atoms with Crippen LogP contribution in [-0.2, 0) is 28.9 Å². The number of aromatic nitrogens is 1. The molecule has 3 aromatic rings. The number of aliphatic imine (C=N–C) groups is 1. The lowest BCUT2D eigenvalue weighted by atomic mass is 9.95. The summed E-state index contributed by atoms with van der Waals surface area (Å²) < 4.78 is 33.5. The second-order valence-electron chi connectivity index (χ2n) is 15.0. The molecule has 1 saturated heterocycles. The molecule has 0 aliphatic carbocycles. The Kier molecular flexibility index (Phi) is 16.5.